The molecule has 4 rings (SSSR count). The number of aromatic hydroxyl groups is 1. The van der Waals surface area contributed by atoms with Gasteiger partial charge < -0.3 is 14.6 Å². The minimum Gasteiger partial charge on any atom is -0.507 e. The number of ether oxygens (including phenoxy) is 2. The van der Waals surface area contributed by atoms with Gasteiger partial charge in [-0.05, 0) is 86.8 Å². The van der Waals surface area contributed by atoms with Crippen LogP contribution in [-0.2, 0) is 17.6 Å². The van der Waals surface area contributed by atoms with Crippen LogP contribution < -0.4 is 14.8 Å². The zero-order chi connectivity index (χ0) is 24.5. The molecule has 2 unspecified atom stereocenters. The lowest BCUT2D eigenvalue weighted by atomic mass is 9.84. The molecule has 2 heterocycles. The fourth-order valence-electron chi connectivity index (χ4n) is 4.59. The van der Waals surface area contributed by atoms with Crippen LogP contribution in [0.1, 0.15) is 55.4 Å². The fraction of sp³-hybridized carbons (Fsp3) is 0.481. The molecule has 2 atom stereocenters. The first-order valence-corrected chi connectivity index (χ1v) is 12.8. The Morgan fingerprint density at radius 1 is 1.24 bits per heavy atom. The number of rotatable bonds is 8. The number of imide groups is 1. The molecule has 0 radical (unpaired) electrons. The molecule has 2 aromatic rings. The molecule has 2 aliphatic heterocycles. The van der Waals surface area contributed by atoms with E-state index in [-0.39, 0.29) is 16.4 Å². The maximum Gasteiger partial charge on any atom is 0.286 e. The summed E-state index contributed by atoms with van der Waals surface area (Å²) in [6.07, 6.45) is 4.11. The van der Waals surface area contributed by atoms with Crippen molar-refractivity contribution in [2.75, 3.05) is 6.61 Å². The van der Waals surface area contributed by atoms with Crippen molar-refractivity contribution in [3.05, 3.63) is 52.6 Å². The predicted octanol–water partition coefficient (Wildman–Crippen LogP) is 5.48. The zero-order valence-corrected chi connectivity index (χ0v) is 21.1. The number of fused-ring (bicyclic) bond motifs is 1. The number of hydrogen-bond donors (Lipinski definition) is 2. The Kier molecular flexibility index (Phi) is 7.12. The van der Waals surface area contributed by atoms with Crippen LogP contribution in [0.15, 0.2) is 30.3 Å². The number of aryl methyl sites for hydroxylation is 1. The van der Waals surface area contributed by atoms with Gasteiger partial charge >= 0.3 is 0 Å². The Labute approximate surface area is 205 Å². The molecular formula is C27H33NO5S. The highest BCUT2D eigenvalue weighted by molar-refractivity contribution is 8.15. The number of carbonyl (C=O) groups excluding carboxylic acids is 2. The molecule has 6 nitrogen and oxygen atoms in total. The van der Waals surface area contributed by atoms with Gasteiger partial charge in [-0.3, -0.25) is 14.9 Å². The van der Waals surface area contributed by atoms with Crippen LogP contribution in [0.4, 0.5) is 4.79 Å². The van der Waals surface area contributed by atoms with E-state index in [9.17, 15) is 14.7 Å². The van der Waals surface area contributed by atoms with Crippen LogP contribution in [0.3, 0.4) is 0 Å². The predicted molar refractivity (Wildman–Crippen MR) is 134 cm³/mol. The van der Waals surface area contributed by atoms with Gasteiger partial charge in [0.05, 0.1) is 5.25 Å². The van der Waals surface area contributed by atoms with E-state index in [1.54, 1.807) is 0 Å². The summed E-state index contributed by atoms with van der Waals surface area (Å²) in [7, 11) is 0. The number of hydrogen-bond acceptors (Lipinski definition) is 6. The Morgan fingerprint density at radius 2 is 1.97 bits per heavy atom. The fourth-order valence-corrected chi connectivity index (χ4v) is 5.45. The van der Waals surface area contributed by atoms with Crippen LogP contribution in [0, 0.1) is 19.8 Å². The first-order valence-electron chi connectivity index (χ1n) is 11.9. The summed E-state index contributed by atoms with van der Waals surface area (Å²) in [5, 5.41) is 12.0. The first kappa shape index (κ1) is 24.5. The van der Waals surface area contributed by atoms with Crippen molar-refractivity contribution in [1.82, 2.24) is 5.32 Å². The van der Waals surface area contributed by atoms with Crippen molar-refractivity contribution in [3.63, 3.8) is 0 Å². The number of phenolic OH excluding ortho intramolecular Hbond substituents is 1. The number of benzene rings is 2. The zero-order valence-electron chi connectivity index (χ0n) is 20.3. The molecule has 0 saturated carbocycles. The van der Waals surface area contributed by atoms with Crippen molar-refractivity contribution in [2.24, 2.45) is 5.92 Å². The summed E-state index contributed by atoms with van der Waals surface area (Å²) in [6, 6.07) is 9.65. The van der Waals surface area contributed by atoms with Crippen LogP contribution in [0.2, 0.25) is 0 Å². The summed E-state index contributed by atoms with van der Waals surface area (Å²) in [4.78, 5) is 23.2. The standard InChI is InChI=1S/C27H33NO5S/c1-16(2)9-11-27(12-10-21-18(4)24(29)17(3)13-22(21)33-27)15-32-20-7-5-19(6-8-20)14-23-25(30)28-26(31)34-23/h5-8,13,16,23,29H,9-12,14-15H2,1-4H3,(H,28,30,31). The molecule has 0 aliphatic carbocycles. The summed E-state index contributed by atoms with van der Waals surface area (Å²) in [5.74, 6) is 2.28. The van der Waals surface area contributed by atoms with Crippen LogP contribution in [0.5, 0.6) is 17.2 Å². The molecule has 34 heavy (non-hydrogen) atoms. The molecule has 2 aliphatic rings. The highest BCUT2D eigenvalue weighted by Crippen LogP contribution is 2.42. The third kappa shape index (κ3) is 5.35. The monoisotopic (exact) mass is 483 g/mol. The molecule has 0 aromatic heterocycles. The second-order valence-corrected chi connectivity index (χ2v) is 11.1. The van der Waals surface area contributed by atoms with E-state index in [0.29, 0.717) is 24.7 Å². The summed E-state index contributed by atoms with van der Waals surface area (Å²) >= 11 is 1.04. The average molecular weight is 484 g/mol. The summed E-state index contributed by atoms with van der Waals surface area (Å²) < 4.78 is 12.9. The molecule has 2 aromatic carbocycles. The van der Waals surface area contributed by atoms with Gasteiger partial charge in [0.25, 0.3) is 5.24 Å². The van der Waals surface area contributed by atoms with E-state index < -0.39 is 5.60 Å². The van der Waals surface area contributed by atoms with Gasteiger partial charge in [0, 0.05) is 5.56 Å². The SMILES string of the molecule is Cc1cc2c(c(C)c1O)CCC(CCC(C)C)(COc1ccc(CC3SC(=O)NC3=O)cc1)O2. The Hall–Kier alpha value is -2.67. The van der Waals surface area contributed by atoms with Crippen LogP contribution in [-0.4, -0.2) is 33.7 Å². The van der Waals surface area contributed by atoms with E-state index in [0.717, 1.165) is 71.2 Å². The largest absolute Gasteiger partial charge is 0.507 e. The highest BCUT2D eigenvalue weighted by atomic mass is 32.2. The van der Waals surface area contributed by atoms with Gasteiger partial charge in [-0.1, -0.05) is 37.7 Å². The van der Waals surface area contributed by atoms with Gasteiger partial charge in [0.1, 0.15) is 29.5 Å². The van der Waals surface area contributed by atoms with E-state index in [2.05, 4.69) is 19.2 Å². The van der Waals surface area contributed by atoms with Crippen molar-refractivity contribution >= 4 is 22.9 Å². The Morgan fingerprint density at radius 3 is 2.62 bits per heavy atom. The van der Waals surface area contributed by atoms with Crippen molar-refractivity contribution in [1.29, 1.82) is 0 Å². The third-order valence-corrected chi connectivity index (χ3v) is 7.76. The number of nitrogens with one attached hydrogen (secondary N) is 1. The molecule has 1 saturated heterocycles. The molecule has 2 N–H and O–H groups in total. The second kappa shape index (κ2) is 9.90. The van der Waals surface area contributed by atoms with Gasteiger partial charge in [-0.15, -0.1) is 0 Å². The first-order chi connectivity index (χ1) is 16.2. The highest BCUT2D eigenvalue weighted by Gasteiger charge is 2.38. The van der Waals surface area contributed by atoms with Crippen molar-refractivity contribution < 1.29 is 24.2 Å². The normalized spacial score (nSPS) is 21.9. The van der Waals surface area contributed by atoms with Crippen molar-refractivity contribution in [2.45, 2.75) is 70.7 Å². The number of thioether (sulfide) groups is 1. The molecule has 7 heteroatoms. The average Bonchev–Trinajstić information content (AvgIpc) is 3.12. The van der Waals surface area contributed by atoms with Crippen LogP contribution >= 0.6 is 11.8 Å². The van der Waals surface area contributed by atoms with E-state index in [1.165, 1.54) is 0 Å². The quantitative estimate of drug-likeness (QED) is 0.517. The van der Waals surface area contributed by atoms with E-state index >= 15 is 0 Å². The van der Waals surface area contributed by atoms with Gasteiger partial charge in [0.2, 0.25) is 5.91 Å². The lowest BCUT2D eigenvalue weighted by Gasteiger charge is -2.40. The number of carbonyl (C=O) groups is 2. The molecule has 182 valence electrons. The smallest absolute Gasteiger partial charge is 0.286 e. The van der Waals surface area contributed by atoms with E-state index in [1.807, 2.05) is 44.2 Å². The van der Waals surface area contributed by atoms with Gasteiger partial charge in [-0.25, -0.2) is 0 Å². The van der Waals surface area contributed by atoms with E-state index in [4.69, 9.17) is 9.47 Å². The summed E-state index contributed by atoms with van der Waals surface area (Å²) in [5.41, 5.74) is 3.37. The Bertz CT molecular complexity index is 1080. The lowest BCUT2D eigenvalue weighted by Crippen LogP contribution is -2.45. The second-order valence-electron chi connectivity index (χ2n) is 9.88. The van der Waals surface area contributed by atoms with Crippen molar-refractivity contribution in [3.8, 4) is 17.2 Å². The minimum absolute atomic E-state index is 0.226. The molecule has 0 spiro atoms. The van der Waals surface area contributed by atoms with Crippen LogP contribution in [0.25, 0.3) is 0 Å². The molecule has 1 fully saturated rings. The third-order valence-electron chi connectivity index (χ3n) is 6.77. The van der Waals surface area contributed by atoms with Gasteiger partial charge in [0.15, 0.2) is 0 Å². The maximum atomic E-state index is 11.8. The maximum absolute atomic E-state index is 11.8. The lowest BCUT2D eigenvalue weighted by molar-refractivity contribution is -0.118. The number of phenols is 1. The van der Waals surface area contributed by atoms with Gasteiger partial charge in [-0.2, -0.15) is 0 Å². The Balaban J connectivity index is 1.46. The molecule has 0 bridgehead atoms. The minimum atomic E-state index is -0.426. The molecule has 2 amide bonds. The number of amides is 2. The summed E-state index contributed by atoms with van der Waals surface area (Å²) in [6.45, 7) is 8.72. The molecular weight excluding hydrogens is 450 g/mol. The topological polar surface area (TPSA) is 84.9 Å².